The molecule has 0 aliphatic rings. The van der Waals surface area contributed by atoms with E-state index in [1.54, 1.807) is 0 Å². The first-order chi connectivity index (χ1) is 28.3. The van der Waals surface area contributed by atoms with Crippen LogP contribution in [-0.4, -0.2) is 181 Å². The van der Waals surface area contributed by atoms with Crippen LogP contribution in [0.5, 0.6) is 0 Å². The zero-order chi connectivity index (χ0) is 45.4. The summed E-state index contributed by atoms with van der Waals surface area (Å²) in [6, 6.07) is 0. The van der Waals surface area contributed by atoms with Crippen molar-refractivity contribution in [1.29, 1.82) is 0 Å². The molecule has 0 aliphatic heterocycles. The Morgan fingerprint density at radius 1 is 0.533 bits per heavy atom. The molecule has 0 aromatic heterocycles. The lowest BCUT2D eigenvalue weighted by Crippen LogP contribution is -2.37. The summed E-state index contributed by atoms with van der Waals surface area (Å²) in [4.78, 5) is 80.5. The Hall–Kier alpha value is -0.680. The molecule has 26 heteroatoms. The van der Waals surface area contributed by atoms with Crippen molar-refractivity contribution >= 4 is 182 Å². The van der Waals surface area contributed by atoms with Gasteiger partial charge in [-0.2, -0.15) is 0 Å². The van der Waals surface area contributed by atoms with E-state index in [2.05, 4.69) is 21.3 Å². The fraction of sp³-hybridized carbons (Fsp3) is 0.471. The van der Waals surface area contributed by atoms with Gasteiger partial charge < -0.3 is 71.2 Å². The van der Waals surface area contributed by atoms with E-state index in [0.29, 0.717) is 14.3 Å². The van der Waals surface area contributed by atoms with Crippen molar-refractivity contribution in [3.05, 3.63) is 43.7 Å². The average Bonchev–Trinajstić information content (AvgIpc) is 3.20. The molecule has 0 saturated heterocycles. The molecule has 0 saturated carbocycles. The molecule has 60 heavy (non-hydrogen) atoms. The molecule has 334 valence electrons. The van der Waals surface area contributed by atoms with E-state index < -0.39 is 74.1 Å². The monoisotopic (exact) mass is 1520 g/mol. The molecule has 0 bridgehead atoms. The van der Waals surface area contributed by atoms with Gasteiger partial charge in [-0.25, -0.2) is 0 Å². The Labute approximate surface area is 426 Å². The number of anilines is 2. The first kappa shape index (κ1) is 55.5. The number of likely N-dealkylation sites (N-methyl/N-ethyl adjacent to an activating group) is 2. The number of halogens is 6. The molecular weight excluding hydrogens is 1480 g/mol. The van der Waals surface area contributed by atoms with E-state index in [0.717, 1.165) is 0 Å². The summed E-state index contributed by atoms with van der Waals surface area (Å²) in [6.07, 6.45) is -2.41. The number of aliphatic hydroxyl groups is 6. The van der Waals surface area contributed by atoms with Gasteiger partial charge in [0.05, 0.1) is 99.8 Å². The Balaban J connectivity index is 2.04. The molecule has 2 aromatic carbocycles. The Morgan fingerprint density at radius 2 is 0.850 bits per heavy atom. The molecule has 0 spiro atoms. The van der Waals surface area contributed by atoms with Crippen LogP contribution in [0.25, 0.3) is 0 Å². The molecule has 0 aliphatic carbocycles. The van der Waals surface area contributed by atoms with Gasteiger partial charge in [-0.1, -0.05) is 0 Å². The van der Waals surface area contributed by atoms with Crippen molar-refractivity contribution in [1.82, 2.24) is 20.4 Å². The Bertz CT molecular complexity index is 1780. The predicted molar refractivity (Wildman–Crippen MR) is 267 cm³/mol. The largest absolute Gasteiger partial charge is 0.394 e. The van der Waals surface area contributed by atoms with E-state index in [1.807, 2.05) is 136 Å². The van der Waals surface area contributed by atoms with Crippen LogP contribution in [0.15, 0.2) is 0 Å². The van der Waals surface area contributed by atoms with Gasteiger partial charge in [0.25, 0.3) is 23.6 Å². The molecule has 2 rings (SSSR count). The summed E-state index contributed by atoms with van der Waals surface area (Å²) < 4.78 is 12.9. The second-order valence-corrected chi connectivity index (χ2v) is 18.8. The lowest BCUT2D eigenvalue weighted by molar-refractivity contribution is -0.119. The molecule has 0 fully saturated rings. The third-order valence-corrected chi connectivity index (χ3v) is 14.3. The molecule has 0 heterocycles. The number of nitrogens with zero attached hydrogens (tertiary/aromatic N) is 2. The lowest BCUT2D eigenvalue weighted by atomic mass is 10.1. The van der Waals surface area contributed by atoms with Crippen LogP contribution >= 0.6 is 136 Å². The molecule has 2 atom stereocenters. The van der Waals surface area contributed by atoms with Crippen LogP contribution in [0.1, 0.15) is 41.4 Å². The van der Waals surface area contributed by atoms with Gasteiger partial charge in [0, 0.05) is 47.4 Å². The maximum absolute atomic E-state index is 13.5. The number of carbonyl (C=O) groups excluding carboxylic acids is 6. The Morgan fingerprint density at radius 3 is 1.15 bits per heavy atom. The third kappa shape index (κ3) is 15.5. The maximum atomic E-state index is 13.5. The van der Waals surface area contributed by atoms with Crippen LogP contribution in [-0.2, 0) is 19.1 Å². The van der Waals surface area contributed by atoms with Crippen LogP contribution < -0.4 is 21.3 Å². The normalized spacial score (nSPS) is 12.0. The first-order valence-electron chi connectivity index (χ1n) is 17.3. The van der Waals surface area contributed by atoms with E-state index in [-0.39, 0.29) is 93.4 Å². The zero-order valence-electron chi connectivity index (χ0n) is 31.8. The fourth-order valence-corrected chi connectivity index (χ4v) is 13.7. The molecule has 2 aromatic rings. The number of rotatable bonds is 23. The highest BCUT2D eigenvalue weighted by Crippen LogP contribution is 2.38. The summed E-state index contributed by atoms with van der Waals surface area (Å²) in [5, 5.41) is 67.4. The van der Waals surface area contributed by atoms with Crippen LogP contribution in [0.3, 0.4) is 0 Å². The molecule has 2 unspecified atom stereocenters. The Kier molecular flexibility index (Phi) is 25.5. The second-order valence-electron chi connectivity index (χ2n) is 12.3. The fourth-order valence-electron chi connectivity index (χ4n) is 4.95. The molecule has 20 nitrogen and oxygen atoms in total. The standard InChI is InChI=1S/C34H42I6N6O14/c1-45(9-15(51)11-47)33(57)21-23(35)19(25(37)29(27(21)39)43-17(53)13-49)31(55)41-3-5-59-7-8-60-6-4-42-32(56)20-24(36)22(34(58)46(2)10-16(52)12-48)28(40)30(26(20)38)44-18(54)14-50/h15-16,47-52H,3-14H2,1-2H3,(H,41,55)(H,42,56)(H,43,53)(H,44,54). The van der Waals surface area contributed by atoms with Crippen molar-refractivity contribution in [3.63, 3.8) is 0 Å². The number of aliphatic hydroxyl groups excluding tert-OH is 6. The smallest absolute Gasteiger partial charge is 0.255 e. The van der Waals surface area contributed by atoms with E-state index in [9.17, 15) is 59.4 Å². The summed E-state index contributed by atoms with van der Waals surface area (Å²) in [5.41, 5.74) is 0.608. The highest BCUT2D eigenvalue weighted by atomic mass is 127. The van der Waals surface area contributed by atoms with Crippen LogP contribution in [0.2, 0.25) is 0 Å². The van der Waals surface area contributed by atoms with Crippen molar-refractivity contribution < 1.29 is 68.9 Å². The topological polar surface area (TPSA) is 297 Å². The number of ether oxygens (including phenoxy) is 2. The SMILES string of the molecule is CN(CC(O)CO)C(=O)c1c(I)c(NC(=O)CO)c(I)c(C(=O)NCCOCCOCCNC(=O)c2c(I)c(NC(=O)CO)c(I)c(C(=O)N(C)CC(O)CO)c2I)c1I. The van der Waals surface area contributed by atoms with E-state index in [4.69, 9.17) is 9.47 Å². The maximum Gasteiger partial charge on any atom is 0.255 e. The average molecular weight is 1520 g/mol. The molecule has 6 amide bonds. The number of hydrogen-bond donors (Lipinski definition) is 10. The number of nitrogens with one attached hydrogen (secondary N) is 4. The van der Waals surface area contributed by atoms with E-state index in [1.165, 1.54) is 23.9 Å². The third-order valence-electron chi connectivity index (χ3n) is 7.85. The highest BCUT2D eigenvalue weighted by Gasteiger charge is 2.32. The van der Waals surface area contributed by atoms with Gasteiger partial charge in [-0.3, -0.25) is 28.8 Å². The highest BCUT2D eigenvalue weighted by molar-refractivity contribution is 14.1. The van der Waals surface area contributed by atoms with Crippen molar-refractivity contribution in [2.24, 2.45) is 0 Å². The van der Waals surface area contributed by atoms with Gasteiger partial charge in [0.1, 0.15) is 13.2 Å². The minimum atomic E-state index is -1.20. The van der Waals surface area contributed by atoms with Crippen LogP contribution in [0, 0.1) is 21.4 Å². The predicted octanol–water partition coefficient (Wildman–Crippen LogP) is 0.219. The number of benzene rings is 2. The first-order valence-corrected chi connectivity index (χ1v) is 23.8. The summed E-state index contributed by atoms with van der Waals surface area (Å²) >= 11 is 11.2. The molecular formula is C34H42I6N6O14. The quantitative estimate of drug-likeness (QED) is 0.0527. The van der Waals surface area contributed by atoms with Gasteiger partial charge in [-0.05, 0) is 136 Å². The van der Waals surface area contributed by atoms with Crippen molar-refractivity contribution in [3.8, 4) is 0 Å². The van der Waals surface area contributed by atoms with Gasteiger partial charge in [-0.15, -0.1) is 0 Å². The number of carbonyl (C=O) groups is 6. The van der Waals surface area contributed by atoms with Gasteiger partial charge in [0.2, 0.25) is 11.8 Å². The zero-order valence-corrected chi connectivity index (χ0v) is 44.7. The number of hydrogen-bond acceptors (Lipinski definition) is 14. The molecule has 0 radical (unpaired) electrons. The minimum absolute atomic E-state index is 0.0492. The van der Waals surface area contributed by atoms with Crippen LogP contribution in [0.4, 0.5) is 11.4 Å². The number of amides is 6. The summed E-state index contributed by atoms with van der Waals surface area (Å²) in [5.74, 6) is -3.84. The van der Waals surface area contributed by atoms with Crippen molar-refractivity contribution in [2.75, 3.05) is 104 Å². The molecule has 10 N–H and O–H groups in total. The lowest BCUT2D eigenvalue weighted by Gasteiger charge is -2.24. The summed E-state index contributed by atoms with van der Waals surface area (Å²) in [6.45, 7) is -2.76. The second kappa shape index (κ2) is 27.6. The van der Waals surface area contributed by atoms with Gasteiger partial charge >= 0.3 is 0 Å². The van der Waals surface area contributed by atoms with E-state index >= 15 is 0 Å². The van der Waals surface area contributed by atoms with Crippen molar-refractivity contribution in [2.45, 2.75) is 12.2 Å². The summed E-state index contributed by atoms with van der Waals surface area (Å²) in [7, 11) is 2.83. The minimum Gasteiger partial charge on any atom is -0.394 e. The van der Waals surface area contributed by atoms with Gasteiger partial charge in [0.15, 0.2) is 0 Å².